The lowest BCUT2D eigenvalue weighted by Crippen LogP contribution is -2.35. The number of fused-ring (bicyclic) bond motifs is 2. The number of carbonyl (C=O) groups is 2. The van der Waals surface area contributed by atoms with Gasteiger partial charge >= 0.3 is 0 Å². The molecule has 0 saturated carbocycles. The summed E-state index contributed by atoms with van der Waals surface area (Å²) in [7, 11) is 0. The van der Waals surface area contributed by atoms with Crippen molar-refractivity contribution in [3.63, 3.8) is 0 Å². The number of benzene rings is 1. The van der Waals surface area contributed by atoms with Gasteiger partial charge in [-0.05, 0) is 18.4 Å². The zero-order valence-corrected chi connectivity index (χ0v) is 16.0. The first-order valence-electron chi connectivity index (χ1n) is 9.97. The summed E-state index contributed by atoms with van der Waals surface area (Å²) in [4.78, 5) is 26.4. The van der Waals surface area contributed by atoms with E-state index in [1.165, 1.54) is 5.69 Å². The lowest BCUT2D eigenvalue weighted by molar-refractivity contribution is -0.129. The zero-order chi connectivity index (χ0) is 19.3. The Bertz CT molecular complexity index is 959. The highest BCUT2D eigenvalue weighted by Crippen LogP contribution is 2.37. The second kappa shape index (κ2) is 6.74. The van der Waals surface area contributed by atoms with Gasteiger partial charge in [0.1, 0.15) is 0 Å². The number of hydrogen-bond acceptors (Lipinski definition) is 4. The van der Waals surface area contributed by atoms with Crippen molar-refractivity contribution in [1.82, 2.24) is 20.0 Å². The lowest BCUT2D eigenvalue weighted by atomic mass is 9.95. The molecule has 7 heteroatoms. The van der Waals surface area contributed by atoms with Gasteiger partial charge < -0.3 is 15.0 Å². The van der Waals surface area contributed by atoms with Gasteiger partial charge in [-0.3, -0.25) is 14.3 Å². The maximum atomic E-state index is 12.5. The molecule has 2 aromatic rings. The predicted molar refractivity (Wildman–Crippen MR) is 103 cm³/mol. The number of nitrogens with zero attached hydrogens (tertiary/aromatic N) is 3. The number of carbonyl (C=O) groups excluding carboxylic acids is 2. The molecule has 1 saturated heterocycles. The lowest BCUT2D eigenvalue weighted by Gasteiger charge is -2.29. The van der Waals surface area contributed by atoms with Gasteiger partial charge in [0.2, 0.25) is 5.91 Å². The Hall–Kier alpha value is -2.67. The van der Waals surface area contributed by atoms with E-state index in [1.54, 1.807) is 6.92 Å². The second-order valence-electron chi connectivity index (χ2n) is 7.77. The first-order chi connectivity index (χ1) is 13.6. The largest absolute Gasteiger partial charge is 0.381 e. The van der Waals surface area contributed by atoms with Gasteiger partial charge in [-0.15, -0.1) is 0 Å². The molecular formula is C21H24N4O3. The summed E-state index contributed by atoms with van der Waals surface area (Å²) >= 11 is 0. The molecule has 28 heavy (non-hydrogen) atoms. The first-order valence-corrected chi connectivity index (χ1v) is 9.97. The van der Waals surface area contributed by atoms with Crippen LogP contribution < -0.4 is 5.32 Å². The molecule has 4 heterocycles. The van der Waals surface area contributed by atoms with Gasteiger partial charge in [-0.25, -0.2) is 0 Å². The van der Waals surface area contributed by atoms with Crippen molar-refractivity contribution in [2.45, 2.75) is 45.3 Å². The van der Waals surface area contributed by atoms with E-state index in [0.29, 0.717) is 25.7 Å². The van der Waals surface area contributed by atoms with Gasteiger partial charge in [-0.2, -0.15) is 5.10 Å². The van der Waals surface area contributed by atoms with E-state index in [2.05, 4.69) is 10.00 Å². The van der Waals surface area contributed by atoms with Crippen molar-refractivity contribution in [3.05, 3.63) is 40.6 Å². The van der Waals surface area contributed by atoms with Crippen LogP contribution in [0.3, 0.4) is 0 Å². The van der Waals surface area contributed by atoms with Crippen molar-refractivity contribution in [2.75, 3.05) is 19.8 Å². The molecule has 7 nitrogen and oxygen atoms in total. The van der Waals surface area contributed by atoms with Crippen LogP contribution in [-0.2, 0) is 29.0 Å². The molecule has 0 bridgehead atoms. The molecule has 1 N–H and O–H groups in total. The van der Waals surface area contributed by atoms with E-state index in [-0.39, 0.29) is 11.8 Å². The molecule has 0 spiro atoms. The van der Waals surface area contributed by atoms with Crippen molar-refractivity contribution in [3.8, 4) is 11.3 Å². The SMILES string of the molecule is CC(=O)N1CCc2c(c(-c3cccc4c3C(=O)NC4)nn2C2CCOCC2)C1. The minimum absolute atomic E-state index is 0.0424. The molecule has 2 amide bonds. The Morgan fingerprint density at radius 3 is 2.89 bits per heavy atom. The number of rotatable bonds is 2. The summed E-state index contributed by atoms with van der Waals surface area (Å²) in [6.45, 7) is 4.93. The van der Waals surface area contributed by atoms with Crippen LogP contribution in [0.4, 0.5) is 0 Å². The normalized spacial score (nSPS) is 19.3. The summed E-state index contributed by atoms with van der Waals surface area (Å²) in [6, 6.07) is 6.26. The van der Waals surface area contributed by atoms with Crippen molar-refractivity contribution in [2.24, 2.45) is 0 Å². The van der Waals surface area contributed by atoms with E-state index in [0.717, 1.165) is 60.4 Å². The third kappa shape index (κ3) is 2.73. The van der Waals surface area contributed by atoms with E-state index in [1.807, 2.05) is 23.1 Å². The molecule has 1 fully saturated rings. The van der Waals surface area contributed by atoms with Crippen LogP contribution in [0, 0.1) is 0 Å². The number of hydrogen-bond donors (Lipinski definition) is 1. The third-order valence-electron chi connectivity index (χ3n) is 6.14. The molecule has 0 radical (unpaired) electrons. The number of aromatic nitrogens is 2. The summed E-state index contributed by atoms with van der Waals surface area (Å²) in [5.41, 5.74) is 5.75. The quantitative estimate of drug-likeness (QED) is 0.865. The molecule has 3 aliphatic heterocycles. The summed E-state index contributed by atoms with van der Waals surface area (Å²) in [5.74, 6) is 0.0330. The standard InChI is InChI=1S/C21H24N4O3/c1-13(26)24-8-5-18-17(12-24)20(23-25(18)15-6-9-28-10-7-15)16-4-2-3-14-11-22-21(27)19(14)16/h2-4,15H,5-12H2,1H3,(H,22,27). The van der Waals surface area contributed by atoms with Crippen LogP contribution in [0.2, 0.25) is 0 Å². The molecule has 0 unspecified atom stereocenters. The van der Waals surface area contributed by atoms with Crippen molar-refractivity contribution in [1.29, 1.82) is 0 Å². The molecule has 0 aliphatic carbocycles. The van der Waals surface area contributed by atoms with Crippen LogP contribution >= 0.6 is 0 Å². The summed E-state index contributed by atoms with van der Waals surface area (Å²) < 4.78 is 7.70. The molecule has 5 rings (SSSR count). The molecule has 0 atom stereocenters. The maximum Gasteiger partial charge on any atom is 0.252 e. The molecule has 1 aromatic heterocycles. The number of ether oxygens (including phenoxy) is 1. The van der Waals surface area contributed by atoms with E-state index in [4.69, 9.17) is 9.84 Å². The van der Waals surface area contributed by atoms with E-state index >= 15 is 0 Å². The Balaban J connectivity index is 1.66. The molecule has 146 valence electrons. The fraction of sp³-hybridized carbons (Fsp3) is 0.476. The fourth-order valence-electron chi connectivity index (χ4n) is 4.64. The van der Waals surface area contributed by atoms with Crippen LogP contribution in [0.25, 0.3) is 11.3 Å². The second-order valence-corrected chi connectivity index (χ2v) is 7.77. The molecular weight excluding hydrogens is 356 g/mol. The number of nitrogens with one attached hydrogen (secondary N) is 1. The van der Waals surface area contributed by atoms with Crippen molar-refractivity contribution >= 4 is 11.8 Å². The third-order valence-corrected chi connectivity index (χ3v) is 6.14. The Labute approximate surface area is 163 Å². The Kier molecular flexibility index (Phi) is 4.19. The maximum absolute atomic E-state index is 12.5. The Morgan fingerprint density at radius 2 is 2.11 bits per heavy atom. The summed E-state index contributed by atoms with van der Waals surface area (Å²) in [5, 5.41) is 7.95. The van der Waals surface area contributed by atoms with Crippen LogP contribution in [0.1, 0.15) is 53.0 Å². The highest BCUT2D eigenvalue weighted by molar-refractivity contribution is 6.04. The molecule has 3 aliphatic rings. The monoisotopic (exact) mass is 380 g/mol. The minimum Gasteiger partial charge on any atom is -0.381 e. The smallest absolute Gasteiger partial charge is 0.252 e. The van der Waals surface area contributed by atoms with Gasteiger partial charge in [0.05, 0.1) is 17.3 Å². The Morgan fingerprint density at radius 1 is 1.29 bits per heavy atom. The van der Waals surface area contributed by atoms with E-state index in [9.17, 15) is 9.59 Å². The fourth-order valence-corrected chi connectivity index (χ4v) is 4.64. The topological polar surface area (TPSA) is 76.5 Å². The van der Waals surface area contributed by atoms with Crippen molar-refractivity contribution < 1.29 is 14.3 Å². The highest BCUT2D eigenvalue weighted by atomic mass is 16.5. The minimum atomic E-state index is -0.0424. The first kappa shape index (κ1) is 17.4. The average Bonchev–Trinajstić information content (AvgIpc) is 3.29. The highest BCUT2D eigenvalue weighted by Gasteiger charge is 2.32. The van der Waals surface area contributed by atoms with Crippen LogP contribution in [-0.4, -0.2) is 46.3 Å². The van der Waals surface area contributed by atoms with Gasteiger partial charge in [0.25, 0.3) is 5.91 Å². The van der Waals surface area contributed by atoms with E-state index < -0.39 is 0 Å². The van der Waals surface area contributed by atoms with Crippen LogP contribution in [0.5, 0.6) is 0 Å². The van der Waals surface area contributed by atoms with Gasteiger partial charge in [0, 0.05) is 63.0 Å². The van der Waals surface area contributed by atoms with Crippen LogP contribution in [0.15, 0.2) is 18.2 Å². The van der Waals surface area contributed by atoms with Gasteiger partial charge in [0.15, 0.2) is 0 Å². The molecule has 1 aromatic carbocycles. The predicted octanol–water partition coefficient (Wildman–Crippen LogP) is 2.05. The number of amides is 2. The zero-order valence-electron chi connectivity index (χ0n) is 16.0. The summed E-state index contributed by atoms with van der Waals surface area (Å²) in [6.07, 6.45) is 2.68. The van der Waals surface area contributed by atoms with Gasteiger partial charge in [-0.1, -0.05) is 18.2 Å². The average molecular weight is 380 g/mol.